The van der Waals surface area contributed by atoms with Gasteiger partial charge in [0, 0.05) is 5.69 Å². The number of hydrogen-bond donors (Lipinski definition) is 2. The predicted molar refractivity (Wildman–Crippen MR) is 114 cm³/mol. The second-order valence-corrected chi connectivity index (χ2v) is 8.55. The summed E-state index contributed by atoms with van der Waals surface area (Å²) in [4.78, 5) is 11.9. The normalized spacial score (nSPS) is 11.0. The van der Waals surface area contributed by atoms with E-state index in [4.69, 9.17) is 27.9 Å². The van der Waals surface area contributed by atoms with Crippen molar-refractivity contribution in [2.45, 2.75) is 4.90 Å². The topological polar surface area (TPSA) is 84.5 Å². The molecule has 3 aromatic carbocycles. The molecule has 0 radical (unpaired) electrons. The predicted octanol–water partition coefficient (Wildman–Crippen LogP) is 4.95. The Morgan fingerprint density at radius 3 is 2.17 bits per heavy atom. The molecule has 0 aliphatic carbocycles. The van der Waals surface area contributed by atoms with Crippen molar-refractivity contribution in [1.82, 2.24) is 0 Å². The number of ether oxygens (including phenoxy) is 1. The fraction of sp³-hybridized carbons (Fsp3) is 0.0500. The first-order valence-corrected chi connectivity index (χ1v) is 10.7. The maximum Gasteiger partial charge on any atom is 0.262 e. The quantitative estimate of drug-likeness (QED) is 0.513. The molecular formula is C20H15Cl2FN2O4S. The molecule has 0 aromatic heterocycles. The summed E-state index contributed by atoms with van der Waals surface area (Å²) in [6, 6.07) is 15.2. The summed E-state index contributed by atoms with van der Waals surface area (Å²) in [7, 11) is -3.85. The number of carbonyl (C=O) groups is 1. The Morgan fingerprint density at radius 2 is 1.53 bits per heavy atom. The molecular weight excluding hydrogens is 454 g/mol. The van der Waals surface area contributed by atoms with E-state index < -0.39 is 21.7 Å². The lowest BCUT2D eigenvalue weighted by molar-refractivity contribution is -0.118. The molecule has 1 amide bonds. The highest BCUT2D eigenvalue weighted by molar-refractivity contribution is 7.92. The van der Waals surface area contributed by atoms with Gasteiger partial charge in [0.1, 0.15) is 11.6 Å². The molecule has 0 heterocycles. The summed E-state index contributed by atoms with van der Waals surface area (Å²) in [6.07, 6.45) is 0. The number of rotatable bonds is 7. The van der Waals surface area contributed by atoms with Crippen LogP contribution in [0.25, 0.3) is 0 Å². The highest BCUT2D eigenvalue weighted by Crippen LogP contribution is 2.27. The Morgan fingerprint density at radius 1 is 0.900 bits per heavy atom. The summed E-state index contributed by atoms with van der Waals surface area (Å²) >= 11 is 11.7. The van der Waals surface area contributed by atoms with Crippen LogP contribution in [0, 0.1) is 5.82 Å². The van der Waals surface area contributed by atoms with Crippen LogP contribution in [0.5, 0.6) is 5.75 Å². The second-order valence-electron chi connectivity index (χ2n) is 6.05. The molecule has 3 aromatic rings. The summed E-state index contributed by atoms with van der Waals surface area (Å²) in [5, 5.41) is 3.09. The standard InChI is InChI=1S/C20H15Cl2FN2O4S/c21-18-10-5-15(11-19(18)22)25-30(27,28)17-8-6-16(7-9-17)29-12-20(26)24-14-3-1-13(23)2-4-14/h1-11,25H,12H2,(H,24,26). The number of nitrogens with one attached hydrogen (secondary N) is 2. The molecule has 6 nitrogen and oxygen atoms in total. The zero-order chi connectivity index (χ0) is 21.7. The smallest absolute Gasteiger partial charge is 0.262 e. The van der Waals surface area contributed by atoms with Crippen LogP contribution in [0.3, 0.4) is 0 Å². The van der Waals surface area contributed by atoms with Crippen molar-refractivity contribution >= 4 is 50.5 Å². The number of halogens is 3. The van der Waals surface area contributed by atoms with E-state index in [0.717, 1.165) is 0 Å². The Bertz CT molecular complexity index is 1150. The fourth-order valence-electron chi connectivity index (χ4n) is 2.37. The minimum atomic E-state index is -3.85. The molecule has 10 heteroatoms. The number of sulfonamides is 1. The van der Waals surface area contributed by atoms with Gasteiger partial charge in [0.15, 0.2) is 6.61 Å². The zero-order valence-electron chi connectivity index (χ0n) is 15.2. The van der Waals surface area contributed by atoms with Crippen LogP contribution in [0.15, 0.2) is 71.6 Å². The first-order chi connectivity index (χ1) is 14.2. The van der Waals surface area contributed by atoms with Crippen LogP contribution in [-0.4, -0.2) is 20.9 Å². The molecule has 0 unspecified atom stereocenters. The van der Waals surface area contributed by atoms with Gasteiger partial charge in [-0.1, -0.05) is 23.2 Å². The monoisotopic (exact) mass is 468 g/mol. The molecule has 0 saturated carbocycles. The van der Waals surface area contributed by atoms with E-state index >= 15 is 0 Å². The first-order valence-electron chi connectivity index (χ1n) is 8.49. The minimum Gasteiger partial charge on any atom is -0.484 e. The van der Waals surface area contributed by atoms with Gasteiger partial charge in [0.2, 0.25) is 0 Å². The zero-order valence-corrected chi connectivity index (χ0v) is 17.6. The Kier molecular flexibility index (Phi) is 6.81. The van der Waals surface area contributed by atoms with Crippen molar-refractivity contribution in [3.63, 3.8) is 0 Å². The van der Waals surface area contributed by atoms with Crippen LogP contribution in [0.4, 0.5) is 15.8 Å². The van der Waals surface area contributed by atoms with Crippen molar-refractivity contribution in [3.8, 4) is 5.75 Å². The lowest BCUT2D eigenvalue weighted by Gasteiger charge is -2.10. The van der Waals surface area contributed by atoms with Gasteiger partial charge < -0.3 is 10.1 Å². The van der Waals surface area contributed by atoms with E-state index in [1.165, 1.54) is 66.7 Å². The van der Waals surface area contributed by atoms with Gasteiger partial charge in [-0.05, 0) is 66.7 Å². The average Bonchev–Trinajstić information content (AvgIpc) is 2.71. The Balaban J connectivity index is 1.58. The molecule has 30 heavy (non-hydrogen) atoms. The number of amides is 1. The lowest BCUT2D eigenvalue weighted by Crippen LogP contribution is -2.20. The van der Waals surface area contributed by atoms with E-state index in [0.29, 0.717) is 16.5 Å². The van der Waals surface area contributed by atoms with E-state index in [9.17, 15) is 17.6 Å². The fourth-order valence-corrected chi connectivity index (χ4v) is 3.72. The Labute approximate surface area is 182 Å². The summed E-state index contributed by atoms with van der Waals surface area (Å²) in [5.41, 5.74) is 0.696. The molecule has 156 valence electrons. The van der Waals surface area contributed by atoms with E-state index in [1.54, 1.807) is 0 Å². The van der Waals surface area contributed by atoms with Gasteiger partial charge in [-0.15, -0.1) is 0 Å². The van der Waals surface area contributed by atoms with Gasteiger partial charge in [-0.2, -0.15) is 0 Å². The molecule has 0 spiro atoms. The van der Waals surface area contributed by atoms with Gasteiger partial charge in [0.25, 0.3) is 15.9 Å². The number of hydrogen-bond acceptors (Lipinski definition) is 4. The van der Waals surface area contributed by atoms with Crippen LogP contribution in [0.1, 0.15) is 0 Å². The second kappa shape index (κ2) is 9.34. The van der Waals surface area contributed by atoms with Crippen LogP contribution in [-0.2, 0) is 14.8 Å². The van der Waals surface area contributed by atoms with Crippen molar-refractivity contribution < 1.29 is 22.3 Å². The molecule has 0 aliphatic rings. The molecule has 0 fully saturated rings. The highest BCUT2D eigenvalue weighted by atomic mass is 35.5. The van der Waals surface area contributed by atoms with Crippen molar-refractivity contribution in [2.24, 2.45) is 0 Å². The molecule has 2 N–H and O–H groups in total. The third kappa shape index (κ3) is 5.85. The van der Waals surface area contributed by atoms with Crippen molar-refractivity contribution in [1.29, 1.82) is 0 Å². The molecule has 0 atom stereocenters. The van der Waals surface area contributed by atoms with Gasteiger partial charge >= 0.3 is 0 Å². The maximum absolute atomic E-state index is 12.9. The van der Waals surface area contributed by atoms with Crippen LogP contribution >= 0.6 is 23.2 Å². The SMILES string of the molecule is O=C(COc1ccc(S(=O)(=O)Nc2ccc(Cl)c(Cl)c2)cc1)Nc1ccc(F)cc1. The maximum atomic E-state index is 12.9. The summed E-state index contributed by atoms with van der Waals surface area (Å²) in [6.45, 7) is -0.301. The molecule has 0 bridgehead atoms. The number of carbonyl (C=O) groups excluding carboxylic acids is 1. The van der Waals surface area contributed by atoms with Gasteiger partial charge in [-0.3, -0.25) is 9.52 Å². The minimum absolute atomic E-state index is 0.00307. The third-order valence-corrected chi connectivity index (χ3v) is 5.94. The molecule has 3 rings (SSSR count). The van der Waals surface area contributed by atoms with E-state index in [1.807, 2.05) is 0 Å². The third-order valence-electron chi connectivity index (χ3n) is 3.80. The van der Waals surface area contributed by atoms with Crippen LogP contribution in [0.2, 0.25) is 10.0 Å². The summed E-state index contributed by atoms with van der Waals surface area (Å²) in [5.74, 6) is -0.551. The van der Waals surface area contributed by atoms with Crippen molar-refractivity contribution in [2.75, 3.05) is 16.6 Å². The number of anilines is 2. The highest BCUT2D eigenvalue weighted by Gasteiger charge is 2.15. The molecule has 0 aliphatic heterocycles. The molecule has 0 saturated heterocycles. The summed E-state index contributed by atoms with van der Waals surface area (Å²) < 4.78 is 45.6. The van der Waals surface area contributed by atoms with Crippen molar-refractivity contribution in [3.05, 3.63) is 82.6 Å². The Hall–Kier alpha value is -2.81. The average molecular weight is 469 g/mol. The lowest BCUT2D eigenvalue weighted by atomic mass is 10.3. The largest absolute Gasteiger partial charge is 0.484 e. The van der Waals surface area contributed by atoms with Gasteiger partial charge in [0.05, 0.1) is 20.6 Å². The van der Waals surface area contributed by atoms with Crippen LogP contribution < -0.4 is 14.8 Å². The van der Waals surface area contributed by atoms with E-state index in [-0.39, 0.29) is 22.2 Å². The van der Waals surface area contributed by atoms with Gasteiger partial charge in [-0.25, -0.2) is 12.8 Å². The first kappa shape index (κ1) is 21.9. The number of benzene rings is 3. The van der Waals surface area contributed by atoms with E-state index in [2.05, 4.69) is 10.0 Å².